The van der Waals surface area contributed by atoms with Crippen LogP contribution in [0.2, 0.25) is 0 Å². The van der Waals surface area contributed by atoms with Crippen LogP contribution >= 0.6 is 0 Å². The van der Waals surface area contributed by atoms with E-state index >= 15 is 0 Å². The van der Waals surface area contributed by atoms with E-state index in [-0.39, 0.29) is 0 Å². The molecule has 0 aromatic heterocycles. The topological polar surface area (TPSA) is 0 Å². The van der Waals surface area contributed by atoms with Gasteiger partial charge in [-0.15, -0.1) is 0 Å². The van der Waals surface area contributed by atoms with Gasteiger partial charge in [0.2, 0.25) is 0 Å². The summed E-state index contributed by atoms with van der Waals surface area (Å²) in [5.41, 5.74) is 0.775. The standard InChI is InChI=1S/C13H24/c1-3-9-13(2)10-12(13)11-7-5-4-6-8-11/h11-12H,3-10H2,1-2H3. The quantitative estimate of drug-likeness (QED) is 0.604. The van der Waals surface area contributed by atoms with E-state index in [0.29, 0.717) is 0 Å². The van der Waals surface area contributed by atoms with Crippen LogP contribution in [0.5, 0.6) is 0 Å². The number of hydrogen-bond acceptors (Lipinski definition) is 0. The van der Waals surface area contributed by atoms with Crippen molar-refractivity contribution >= 4 is 0 Å². The molecule has 0 aromatic carbocycles. The van der Waals surface area contributed by atoms with Crippen molar-refractivity contribution in [2.24, 2.45) is 17.3 Å². The second-order valence-electron chi connectivity index (χ2n) is 5.61. The summed E-state index contributed by atoms with van der Waals surface area (Å²) in [7, 11) is 0. The van der Waals surface area contributed by atoms with Crippen molar-refractivity contribution in [3.63, 3.8) is 0 Å². The van der Waals surface area contributed by atoms with Crippen molar-refractivity contribution in [3.05, 3.63) is 0 Å². The molecular weight excluding hydrogens is 156 g/mol. The third-order valence-electron chi connectivity index (χ3n) is 4.46. The first-order valence-corrected chi connectivity index (χ1v) is 6.26. The highest BCUT2D eigenvalue weighted by atomic mass is 14.6. The summed E-state index contributed by atoms with van der Waals surface area (Å²) in [4.78, 5) is 0. The highest BCUT2D eigenvalue weighted by Crippen LogP contribution is 2.61. The van der Waals surface area contributed by atoms with Crippen LogP contribution in [0.4, 0.5) is 0 Å². The fraction of sp³-hybridized carbons (Fsp3) is 1.00. The number of hydrogen-bond donors (Lipinski definition) is 0. The largest absolute Gasteiger partial charge is 0.0654 e. The fourth-order valence-corrected chi connectivity index (χ4v) is 3.57. The molecule has 13 heavy (non-hydrogen) atoms. The first kappa shape index (κ1) is 9.55. The molecule has 0 nitrogen and oxygen atoms in total. The minimum atomic E-state index is 0.775. The van der Waals surface area contributed by atoms with Crippen LogP contribution in [-0.4, -0.2) is 0 Å². The maximum absolute atomic E-state index is 2.52. The molecular formula is C13H24. The van der Waals surface area contributed by atoms with Crippen molar-refractivity contribution in [3.8, 4) is 0 Å². The molecule has 0 bridgehead atoms. The van der Waals surface area contributed by atoms with Gasteiger partial charge in [0.15, 0.2) is 0 Å². The van der Waals surface area contributed by atoms with Gasteiger partial charge < -0.3 is 0 Å². The molecule has 2 saturated carbocycles. The molecule has 0 heterocycles. The molecule has 0 N–H and O–H groups in total. The Labute approximate surface area is 83.1 Å². The Morgan fingerprint density at radius 2 is 1.85 bits per heavy atom. The molecule has 0 spiro atoms. The van der Waals surface area contributed by atoms with Crippen LogP contribution < -0.4 is 0 Å². The first-order chi connectivity index (χ1) is 6.26. The lowest BCUT2D eigenvalue weighted by molar-refractivity contribution is 0.277. The maximum Gasteiger partial charge on any atom is -0.0292 e. The third kappa shape index (κ3) is 1.92. The van der Waals surface area contributed by atoms with Gasteiger partial charge in [-0.25, -0.2) is 0 Å². The molecule has 0 heteroatoms. The third-order valence-corrected chi connectivity index (χ3v) is 4.46. The van der Waals surface area contributed by atoms with Crippen LogP contribution in [0.15, 0.2) is 0 Å². The molecule has 2 aliphatic rings. The summed E-state index contributed by atoms with van der Waals surface area (Å²) in [6.07, 6.45) is 12.0. The lowest BCUT2D eigenvalue weighted by Crippen LogP contribution is -2.12. The van der Waals surface area contributed by atoms with Crippen molar-refractivity contribution in [1.29, 1.82) is 0 Å². The summed E-state index contributed by atoms with van der Waals surface area (Å²) in [5, 5.41) is 0. The molecule has 0 aliphatic heterocycles. The van der Waals surface area contributed by atoms with E-state index in [0.717, 1.165) is 17.3 Å². The van der Waals surface area contributed by atoms with Crippen molar-refractivity contribution in [2.45, 2.75) is 65.2 Å². The molecule has 2 aliphatic carbocycles. The summed E-state index contributed by atoms with van der Waals surface area (Å²) in [5.74, 6) is 2.23. The Bertz CT molecular complexity index is 167. The lowest BCUT2D eigenvalue weighted by Gasteiger charge is -2.23. The van der Waals surface area contributed by atoms with Crippen LogP contribution in [0.25, 0.3) is 0 Å². The Morgan fingerprint density at radius 1 is 1.15 bits per heavy atom. The van der Waals surface area contributed by atoms with Gasteiger partial charge in [-0.1, -0.05) is 52.4 Å². The Balaban J connectivity index is 1.83. The monoisotopic (exact) mass is 180 g/mol. The second kappa shape index (κ2) is 3.63. The lowest BCUT2D eigenvalue weighted by atomic mass is 9.82. The van der Waals surface area contributed by atoms with E-state index in [4.69, 9.17) is 0 Å². The van der Waals surface area contributed by atoms with Gasteiger partial charge in [-0.2, -0.15) is 0 Å². The first-order valence-electron chi connectivity index (χ1n) is 6.26. The maximum atomic E-state index is 2.52. The van der Waals surface area contributed by atoms with Crippen LogP contribution in [0, 0.1) is 17.3 Å². The summed E-state index contributed by atoms with van der Waals surface area (Å²) in [6, 6.07) is 0. The average Bonchev–Trinajstić information content (AvgIpc) is 2.80. The van der Waals surface area contributed by atoms with Crippen LogP contribution in [0.1, 0.15) is 65.2 Å². The molecule has 0 aromatic rings. The molecule has 2 atom stereocenters. The van der Waals surface area contributed by atoms with E-state index < -0.39 is 0 Å². The van der Waals surface area contributed by atoms with Gasteiger partial charge in [-0.3, -0.25) is 0 Å². The Kier molecular flexibility index (Phi) is 2.67. The number of rotatable bonds is 3. The van der Waals surface area contributed by atoms with Gasteiger partial charge in [0.1, 0.15) is 0 Å². The zero-order valence-electron chi connectivity index (χ0n) is 9.31. The zero-order chi connectivity index (χ0) is 9.31. The fourth-order valence-electron chi connectivity index (χ4n) is 3.57. The Hall–Kier alpha value is 0. The van der Waals surface area contributed by atoms with Crippen molar-refractivity contribution in [1.82, 2.24) is 0 Å². The van der Waals surface area contributed by atoms with E-state index in [9.17, 15) is 0 Å². The predicted molar refractivity (Wildman–Crippen MR) is 57.7 cm³/mol. The summed E-state index contributed by atoms with van der Waals surface area (Å²) >= 11 is 0. The van der Waals surface area contributed by atoms with Crippen LogP contribution in [-0.2, 0) is 0 Å². The predicted octanol–water partition coefficient (Wildman–Crippen LogP) is 4.39. The van der Waals surface area contributed by atoms with Gasteiger partial charge in [0.25, 0.3) is 0 Å². The van der Waals surface area contributed by atoms with E-state index in [1.54, 1.807) is 19.3 Å². The van der Waals surface area contributed by atoms with Crippen molar-refractivity contribution in [2.75, 3.05) is 0 Å². The molecule has 76 valence electrons. The van der Waals surface area contributed by atoms with Crippen molar-refractivity contribution < 1.29 is 0 Å². The SMILES string of the molecule is CCCC1(C)CC1C1CCCCC1. The normalized spacial score (nSPS) is 40.6. The molecule has 0 saturated heterocycles. The minimum absolute atomic E-state index is 0.775. The van der Waals surface area contributed by atoms with E-state index in [1.807, 2.05) is 0 Å². The molecule has 2 fully saturated rings. The molecule has 2 rings (SSSR count). The second-order valence-corrected chi connectivity index (χ2v) is 5.61. The summed E-state index contributed by atoms with van der Waals surface area (Å²) < 4.78 is 0. The zero-order valence-corrected chi connectivity index (χ0v) is 9.31. The van der Waals surface area contributed by atoms with Gasteiger partial charge >= 0.3 is 0 Å². The smallest absolute Gasteiger partial charge is 0.0292 e. The Morgan fingerprint density at radius 3 is 2.46 bits per heavy atom. The van der Waals surface area contributed by atoms with E-state index in [1.165, 1.54) is 32.1 Å². The minimum Gasteiger partial charge on any atom is -0.0654 e. The summed E-state index contributed by atoms with van der Waals surface area (Å²) in [6.45, 7) is 4.86. The highest BCUT2D eigenvalue weighted by molar-refractivity contribution is 5.01. The van der Waals surface area contributed by atoms with E-state index in [2.05, 4.69) is 13.8 Å². The molecule has 0 amide bonds. The molecule has 2 unspecified atom stereocenters. The van der Waals surface area contributed by atoms with Gasteiger partial charge in [-0.05, 0) is 30.1 Å². The van der Waals surface area contributed by atoms with Gasteiger partial charge in [0.05, 0.1) is 0 Å². The average molecular weight is 180 g/mol. The van der Waals surface area contributed by atoms with Crippen LogP contribution in [0.3, 0.4) is 0 Å². The molecule has 0 radical (unpaired) electrons. The highest BCUT2D eigenvalue weighted by Gasteiger charge is 2.52. The van der Waals surface area contributed by atoms with Gasteiger partial charge in [0, 0.05) is 0 Å².